The Labute approximate surface area is 189 Å². The lowest BCUT2D eigenvalue weighted by atomic mass is 10.1. The molecule has 0 unspecified atom stereocenters. The van der Waals surface area contributed by atoms with Crippen LogP contribution in [0.3, 0.4) is 0 Å². The minimum atomic E-state index is -1.01. The lowest BCUT2D eigenvalue weighted by molar-refractivity contribution is -0.186. The van der Waals surface area contributed by atoms with Crippen molar-refractivity contribution in [3.63, 3.8) is 0 Å². The van der Waals surface area contributed by atoms with Crippen molar-refractivity contribution in [1.29, 1.82) is 0 Å². The molecule has 0 saturated carbocycles. The Morgan fingerprint density at radius 3 is 2.28 bits per heavy atom. The molecule has 2 aromatic rings. The van der Waals surface area contributed by atoms with Gasteiger partial charge in [-0.25, -0.2) is 0 Å². The van der Waals surface area contributed by atoms with E-state index in [4.69, 9.17) is 18.9 Å². The van der Waals surface area contributed by atoms with Crippen molar-refractivity contribution in [3.8, 4) is 16.9 Å². The monoisotopic (exact) mass is 460 g/mol. The van der Waals surface area contributed by atoms with Crippen LogP contribution in [0.2, 0.25) is 0 Å². The first-order valence-corrected chi connectivity index (χ1v) is 11.0. The van der Waals surface area contributed by atoms with Crippen LogP contribution in [0.15, 0.2) is 36.9 Å². The van der Waals surface area contributed by atoms with E-state index in [2.05, 4.69) is 9.97 Å². The van der Waals surface area contributed by atoms with Crippen molar-refractivity contribution in [2.24, 2.45) is 0 Å². The highest BCUT2D eigenvalue weighted by molar-refractivity contribution is 7.99. The SMILES string of the molecule is CC(=O)O[C@@H]1[C@@H](OC(C)=O)[C@H](OC(C)=O)CS[C@H]1Oc1cncc(-c2cnccc2C)c1. The van der Waals surface area contributed by atoms with Crippen molar-refractivity contribution < 1.29 is 33.3 Å². The Bertz CT molecular complexity index is 1000. The van der Waals surface area contributed by atoms with Gasteiger partial charge in [0.2, 0.25) is 0 Å². The van der Waals surface area contributed by atoms with Gasteiger partial charge in [-0.1, -0.05) is 0 Å². The van der Waals surface area contributed by atoms with Gasteiger partial charge in [0.05, 0.1) is 6.20 Å². The molecule has 1 saturated heterocycles. The second kappa shape index (κ2) is 10.4. The molecule has 1 aliphatic rings. The first-order valence-electron chi connectivity index (χ1n) is 9.90. The largest absolute Gasteiger partial charge is 0.474 e. The minimum Gasteiger partial charge on any atom is -0.474 e. The maximum Gasteiger partial charge on any atom is 0.303 e. The fourth-order valence-corrected chi connectivity index (χ4v) is 4.56. The molecule has 0 amide bonds. The molecule has 1 fully saturated rings. The molecule has 0 radical (unpaired) electrons. The van der Waals surface area contributed by atoms with E-state index < -0.39 is 41.7 Å². The van der Waals surface area contributed by atoms with Crippen LogP contribution in [0, 0.1) is 6.92 Å². The Morgan fingerprint density at radius 2 is 1.62 bits per heavy atom. The fourth-order valence-electron chi connectivity index (χ4n) is 3.34. The van der Waals surface area contributed by atoms with Crippen molar-refractivity contribution in [3.05, 3.63) is 42.5 Å². The van der Waals surface area contributed by atoms with Gasteiger partial charge in [-0.2, -0.15) is 0 Å². The Balaban J connectivity index is 1.88. The molecule has 3 rings (SSSR count). The van der Waals surface area contributed by atoms with E-state index in [9.17, 15) is 14.4 Å². The summed E-state index contributed by atoms with van der Waals surface area (Å²) in [4.78, 5) is 43.4. The molecular formula is C22H24N2O7S. The van der Waals surface area contributed by atoms with Gasteiger partial charge in [0.15, 0.2) is 23.7 Å². The lowest BCUT2D eigenvalue weighted by Crippen LogP contribution is -2.55. The van der Waals surface area contributed by atoms with Gasteiger partial charge in [0, 0.05) is 56.2 Å². The second-order valence-corrected chi connectivity index (χ2v) is 8.35. The summed E-state index contributed by atoms with van der Waals surface area (Å²) in [6.45, 7) is 5.71. The normalized spacial score (nSPS) is 22.5. The van der Waals surface area contributed by atoms with E-state index >= 15 is 0 Å². The smallest absolute Gasteiger partial charge is 0.303 e. The molecule has 1 aliphatic heterocycles. The number of aromatic nitrogens is 2. The van der Waals surface area contributed by atoms with Crippen molar-refractivity contribution in [2.75, 3.05) is 5.75 Å². The molecule has 3 heterocycles. The summed E-state index contributed by atoms with van der Waals surface area (Å²) >= 11 is 1.29. The van der Waals surface area contributed by atoms with E-state index in [1.165, 1.54) is 32.5 Å². The quantitative estimate of drug-likeness (QED) is 0.471. The van der Waals surface area contributed by atoms with Gasteiger partial charge in [-0.3, -0.25) is 24.4 Å². The van der Waals surface area contributed by atoms with E-state index in [-0.39, 0.29) is 5.75 Å². The highest BCUT2D eigenvalue weighted by atomic mass is 32.2. The zero-order chi connectivity index (χ0) is 23.3. The zero-order valence-corrected chi connectivity index (χ0v) is 19.0. The van der Waals surface area contributed by atoms with Crippen LogP contribution in [-0.2, 0) is 28.6 Å². The standard InChI is InChI=1S/C22H24N2O7S/c1-12-5-6-23-10-18(12)16-7-17(9-24-8-16)31-22-21(30-15(4)27)20(29-14(3)26)19(11-32-22)28-13(2)25/h5-10,19-22H,11H2,1-4H3/t19-,20+,21-,22-/m1/s1. The average Bonchev–Trinajstić information content (AvgIpc) is 2.72. The number of hydrogen-bond donors (Lipinski definition) is 0. The first kappa shape index (κ1) is 23.5. The maximum absolute atomic E-state index is 11.8. The Morgan fingerprint density at radius 1 is 0.938 bits per heavy atom. The van der Waals surface area contributed by atoms with Crippen LogP contribution in [0.1, 0.15) is 26.3 Å². The maximum atomic E-state index is 11.8. The molecule has 2 aromatic heterocycles. The summed E-state index contributed by atoms with van der Waals surface area (Å²) in [6.07, 6.45) is 3.91. The fraction of sp³-hybridized carbons (Fsp3) is 0.409. The minimum absolute atomic E-state index is 0.286. The molecule has 10 heteroatoms. The van der Waals surface area contributed by atoms with E-state index in [1.807, 2.05) is 13.0 Å². The van der Waals surface area contributed by atoms with Gasteiger partial charge in [0.25, 0.3) is 0 Å². The summed E-state index contributed by atoms with van der Waals surface area (Å²) in [6, 6.07) is 3.71. The summed E-state index contributed by atoms with van der Waals surface area (Å²) in [5.74, 6) is -0.979. The van der Waals surface area contributed by atoms with Crippen LogP contribution in [0.25, 0.3) is 11.1 Å². The molecule has 0 aliphatic carbocycles. The van der Waals surface area contributed by atoms with Crippen molar-refractivity contribution in [1.82, 2.24) is 9.97 Å². The number of carbonyl (C=O) groups excluding carboxylic acids is 3. The van der Waals surface area contributed by atoms with Crippen LogP contribution in [-0.4, -0.2) is 57.4 Å². The topological polar surface area (TPSA) is 114 Å². The van der Waals surface area contributed by atoms with Crippen LogP contribution >= 0.6 is 11.8 Å². The number of nitrogens with zero attached hydrogens (tertiary/aromatic N) is 2. The number of rotatable bonds is 6. The highest BCUT2D eigenvalue weighted by Crippen LogP contribution is 2.35. The van der Waals surface area contributed by atoms with Gasteiger partial charge in [0.1, 0.15) is 5.75 Å². The Kier molecular flexibility index (Phi) is 7.68. The third kappa shape index (κ3) is 5.97. The molecule has 9 nitrogen and oxygen atoms in total. The number of esters is 3. The van der Waals surface area contributed by atoms with Crippen LogP contribution < -0.4 is 4.74 Å². The Hall–Kier alpha value is -3.14. The van der Waals surface area contributed by atoms with Crippen LogP contribution in [0.5, 0.6) is 5.75 Å². The summed E-state index contributed by atoms with van der Waals surface area (Å²) < 4.78 is 22.2. The second-order valence-electron chi connectivity index (χ2n) is 7.22. The number of ether oxygens (including phenoxy) is 4. The van der Waals surface area contributed by atoms with E-state index in [0.717, 1.165) is 16.7 Å². The number of hydrogen-bond acceptors (Lipinski definition) is 10. The average molecular weight is 461 g/mol. The zero-order valence-electron chi connectivity index (χ0n) is 18.1. The van der Waals surface area contributed by atoms with E-state index in [0.29, 0.717) is 5.75 Å². The molecule has 0 bridgehead atoms. The van der Waals surface area contributed by atoms with Crippen molar-refractivity contribution in [2.45, 2.75) is 51.4 Å². The summed E-state index contributed by atoms with van der Waals surface area (Å²) in [7, 11) is 0. The first-order chi connectivity index (χ1) is 15.2. The predicted molar refractivity (Wildman–Crippen MR) is 116 cm³/mol. The van der Waals surface area contributed by atoms with Gasteiger partial charge in [-0.05, 0) is 24.6 Å². The highest BCUT2D eigenvalue weighted by Gasteiger charge is 2.47. The molecule has 0 spiro atoms. The van der Waals surface area contributed by atoms with Crippen molar-refractivity contribution >= 4 is 29.7 Å². The number of carbonyl (C=O) groups is 3. The third-order valence-corrected chi connectivity index (χ3v) is 5.83. The molecule has 170 valence electrons. The van der Waals surface area contributed by atoms with Gasteiger partial charge < -0.3 is 18.9 Å². The molecule has 32 heavy (non-hydrogen) atoms. The number of pyridine rings is 2. The van der Waals surface area contributed by atoms with Gasteiger partial charge >= 0.3 is 17.9 Å². The number of thioether (sulfide) groups is 1. The van der Waals surface area contributed by atoms with E-state index in [1.54, 1.807) is 30.9 Å². The molecule has 4 atom stereocenters. The van der Waals surface area contributed by atoms with Crippen LogP contribution in [0.4, 0.5) is 0 Å². The predicted octanol–water partition coefficient (Wildman–Crippen LogP) is 2.70. The molecule has 0 N–H and O–H groups in total. The third-order valence-electron chi connectivity index (χ3n) is 4.62. The summed E-state index contributed by atoms with van der Waals surface area (Å²) in [5, 5.41) is 0. The molecular weight excluding hydrogens is 436 g/mol. The molecule has 0 aromatic carbocycles. The summed E-state index contributed by atoms with van der Waals surface area (Å²) in [5.41, 5.74) is 2.03. The number of aryl methyl sites for hydroxylation is 1. The van der Waals surface area contributed by atoms with Gasteiger partial charge in [-0.15, -0.1) is 11.8 Å². The lowest BCUT2D eigenvalue weighted by Gasteiger charge is -2.39.